The summed E-state index contributed by atoms with van der Waals surface area (Å²) in [6.07, 6.45) is 0. The minimum absolute atomic E-state index is 0.232. The Labute approximate surface area is 143 Å². The number of para-hydroxylation sites is 1. The number of nitrogens with one attached hydrogen (secondary N) is 1. The van der Waals surface area contributed by atoms with Crippen LogP contribution in [0.25, 0.3) is 10.9 Å². The second-order valence-electron chi connectivity index (χ2n) is 5.44. The Kier molecular flexibility index (Phi) is 4.28. The first-order valence-corrected chi connectivity index (χ1v) is 7.87. The van der Waals surface area contributed by atoms with E-state index in [2.05, 4.69) is 4.98 Å². The van der Waals surface area contributed by atoms with E-state index in [1.54, 1.807) is 18.2 Å². The van der Waals surface area contributed by atoms with Crippen molar-refractivity contribution in [2.45, 2.75) is 12.8 Å². The number of nitrogens with zero attached hydrogens (tertiary/aromatic N) is 1. The van der Waals surface area contributed by atoms with Crippen molar-refractivity contribution in [3.63, 3.8) is 0 Å². The molecule has 6 heteroatoms. The summed E-state index contributed by atoms with van der Waals surface area (Å²) in [4.78, 5) is 14.2. The molecule has 0 aliphatic heterocycles. The Balaban J connectivity index is 2.22. The molecule has 3 aromatic rings. The average Bonchev–Trinajstić information content (AvgIpc) is 2.81. The van der Waals surface area contributed by atoms with Gasteiger partial charge in [-0.15, -0.1) is 0 Å². The highest BCUT2D eigenvalue weighted by Crippen LogP contribution is 2.37. The molecule has 2 aromatic carbocycles. The molecule has 0 bridgehead atoms. The number of aromatic amines is 1. The van der Waals surface area contributed by atoms with Crippen LogP contribution in [0.4, 0.5) is 0 Å². The van der Waals surface area contributed by atoms with Gasteiger partial charge >= 0.3 is 0 Å². The van der Waals surface area contributed by atoms with Gasteiger partial charge in [-0.25, -0.2) is 0 Å². The summed E-state index contributed by atoms with van der Waals surface area (Å²) < 4.78 is 0. The summed E-state index contributed by atoms with van der Waals surface area (Å²) in [7, 11) is 0. The zero-order valence-electron chi connectivity index (χ0n) is 12.3. The molecule has 0 saturated carbocycles. The summed E-state index contributed by atoms with van der Waals surface area (Å²) in [5.41, 5.74) is 3.48. The maximum Gasteiger partial charge on any atom is 0.214 e. The number of fused-ring (bicyclic) bond motifs is 1. The van der Waals surface area contributed by atoms with E-state index in [1.165, 1.54) is 0 Å². The Morgan fingerprint density at radius 2 is 1.96 bits per heavy atom. The molecular formula is C17H14Cl2N2O2. The Hall–Kier alpha value is -2.04. The number of hydrogen-bond acceptors (Lipinski definition) is 2. The molecule has 1 aromatic heterocycles. The predicted octanol–water partition coefficient (Wildman–Crippen LogP) is 5.19. The summed E-state index contributed by atoms with van der Waals surface area (Å²) in [5, 5.41) is 13.2. The standard InChI is InChI=1S/C17H14Cl2N2O2/c1-10-17(13-4-2-3-5-16(13)20-10)14(9-21(22)23)12-7-6-11(18)8-15(12)19/h2-8,14,20H,9H2,1H3. The van der Waals surface area contributed by atoms with Crippen molar-refractivity contribution in [2.75, 3.05) is 6.54 Å². The summed E-state index contributed by atoms with van der Waals surface area (Å²) in [5.74, 6) is -0.439. The van der Waals surface area contributed by atoms with Crippen LogP contribution in [0.15, 0.2) is 42.5 Å². The highest BCUT2D eigenvalue weighted by molar-refractivity contribution is 6.35. The van der Waals surface area contributed by atoms with Crippen molar-refractivity contribution < 1.29 is 4.92 Å². The number of aryl methyl sites for hydroxylation is 1. The summed E-state index contributed by atoms with van der Waals surface area (Å²) in [6.45, 7) is 1.69. The minimum Gasteiger partial charge on any atom is -0.358 e. The zero-order chi connectivity index (χ0) is 16.6. The SMILES string of the molecule is Cc1[nH]c2ccccc2c1C(C[N+](=O)[O-])c1ccc(Cl)cc1Cl. The maximum atomic E-state index is 11.2. The Bertz CT molecular complexity index is 889. The fourth-order valence-corrected chi connectivity index (χ4v) is 3.57. The first kappa shape index (κ1) is 15.8. The zero-order valence-corrected chi connectivity index (χ0v) is 13.9. The molecule has 1 N–H and O–H groups in total. The van der Waals surface area contributed by atoms with Gasteiger partial charge in [0.2, 0.25) is 6.54 Å². The fourth-order valence-electron chi connectivity index (χ4n) is 3.03. The third kappa shape index (κ3) is 3.05. The second kappa shape index (κ2) is 6.22. The van der Waals surface area contributed by atoms with Crippen LogP contribution in [0, 0.1) is 17.0 Å². The van der Waals surface area contributed by atoms with Crippen LogP contribution in [0.5, 0.6) is 0 Å². The van der Waals surface area contributed by atoms with Gasteiger partial charge in [0.25, 0.3) is 0 Å². The lowest BCUT2D eigenvalue weighted by Gasteiger charge is -2.16. The van der Waals surface area contributed by atoms with Crippen molar-refractivity contribution in [2.24, 2.45) is 0 Å². The van der Waals surface area contributed by atoms with Gasteiger partial charge in [0.1, 0.15) is 0 Å². The van der Waals surface area contributed by atoms with E-state index in [9.17, 15) is 10.1 Å². The van der Waals surface area contributed by atoms with Crippen molar-refractivity contribution in [3.05, 3.63) is 79.4 Å². The van der Waals surface area contributed by atoms with Crippen LogP contribution >= 0.6 is 23.2 Å². The number of aromatic nitrogens is 1. The lowest BCUT2D eigenvalue weighted by atomic mass is 9.89. The van der Waals surface area contributed by atoms with Gasteiger partial charge < -0.3 is 4.98 Å². The van der Waals surface area contributed by atoms with E-state index in [1.807, 2.05) is 31.2 Å². The quantitative estimate of drug-likeness (QED) is 0.520. The van der Waals surface area contributed by atoms with Gasteiger partial charge in [-0.2, -0.15) is 0 Å². The third-order valence-corrected chi connectivity index (χ3v) is 4.52. The Morgan fingerprint density at radius 1 is 1.22 bits per heavy atom. The molecule has 1 heterocycles. The molecule has 0 amide bonds. The molecule has 3 rings (SSSR count). The normalized spacial score (nSPS) is 12.5. The number of H-pyrrole nitrogens is 1. The number of nitro groups is 1. The van der Waals surface area contributed by atoms with Crippen LogP contribution in [0.2, 0.25) is 10.0 Å². The smallest absolute Gasteiger partial charge is 0.214 e. The van der Waals surface area contributed by atoms with E-state index >= 15 is 0 Å². The molecule has 0 aliphatic carbocycles. The monoisotopic (exact) mass is 348 g/mol. The number of hydrogen-bond donors (Lipinski definition) is 1. The highest BCUT2D eigenvalue weighted by Gasteiger charge is 2.27. The minimum atomic E-state index is -0.439. The first-order valence-electron chi connectivity index (χ1n) is 7.11. The van der Waals surface area contributed by atoms with Crippen LogP contribution in [0.1, 0.15) is 22.7 Å². The molecule has 118 valence electrons. The molecule has 0 radical (unpaired) electrons. The number of halogens is 2. The van der Waals surface area contributed by atoms with Crippen LogP contribution in [-0.4, -0.2) is 16.5 Å². The van der Waals surface area contributed by atoms with E-state index in [4.69, 9.17) is 23.2 Å². The molecule has 4 nitrogen and oxygen atoms in total. The van der Waals surface area contributed by atoms with Gasteiger partial charge in [-0.1, -0.05) is 47.5 Å². The van der Waals surface area contributed by atoms with E-state index in [-0.39, 0.29) is 11.5 Å². The number of benzene rings is 2. The summed E-state index contributed by atoms with van der Waals surface area (Å²) in [6, 6.07) is 12.9. The average molecular weight is 349 g/mol. The lowest BCUT2D eigenvalue weighted by molar-refractivity contribution is -0.481. The maximum absolute atomic E-state index is 11.2. The third-order valence-electron chi connectivity index (χ3n) is 3.96. The van der Waals surface area contributed by atoms with Crippen molar-refractivity contribution >= 4 is 34.1 Å². The van der Waals surface area contributed by atoms with Gasteiger partial charge in [-0.05, 0) is 36.2 Å². The molecule has 0 aliphatic rings. The molecule has 0 spiro atoms. The lowest BCUT2D eigenvalue weighted by Crippen LogP contribution is -2.15. The largest absolute Gasteiger partial charge is 0.358 e. The Morgan fingerprint density at radius 3 is 2.65 bits per heavy atom. The van der Waals surface area contributed by atoms with Gasteiger partial charge in [0, 0.05) is 31.6 Å². The first-order chi connectivity index (χ1) is 11.0. The van der Waals surface area contributed by atoms with E-state index in [0.29, 0.717) is 15.6 Å². The molecule has 1 unspecified atom stereocenters. The molecule has 23 heavy (non-hydrogen) atoms. The molecular weight excluding hydrogens is 335 g/mol. The molecule has 1 atom stereocenters. The van der Waals surface area contributed by atoms with Crippen LogP contribution in [0.3, 0.4) is 0 Å². The fraction of sp³-hybridized carbons (Fsp3) is 0.176. The van der Waals surface area contributed by atoms with E-state index in [0.717, 1.165) is 22.2 Å². The van der Waals surface area contributed by atoms with Crippen molar-refractivity contribution in [3.8, 4) is 0 Å². The number of rotatable bonds is 4. The molecule has 0 saturated heterocycles. The highest BCUT2D eigenvalue weighted by atomic mass is 35.5. The predicted molar refractivity (Wildman–Crippen MR) is 93.2 cm³/mol. The summed E-state index contributed by atoms with van der Waals surface area (Å²) >= 11 is 12.3. The topological polar surface area (TPSA) is 58.9 Å². The van der Waals surface area contributed by atoms with E-state index < -0.39 is 5.92 Å². The molecule has 0 fully saturated rings. The van der Waals surface area contributed by atoms with Gasteiger partial charge in [0.05, 0.1) is 5.92 Å². The van der Waals surface area contributed by atoms with Crippen molar-refractivity contribution in [1.82, 2.24) is 4.98 Å². The second-order valence-corrected chi connectivity index (χ2v) is 6.29. The van der Waals surface area contributed by atoms with Crippen LogP contribution < -0.4 is 0 Å². The van der Waals surface area contributed by atoms with Crippen LogP contribution in [-0.2, 0) is 0 Å². The van der Waals surface area contributed by atoms with Gasteiger partial charge in [0.15, 0.2) is 0 Å². The van der Waals surface area contributed by atoms with Gasteiger partial charge in [-0.3, -0.25) is 10.1 Å². The van der Waals surface area contributed by atoms with Crippen molar-refractivity contribution in [1.29, 1.82) is 0 Å².